The zero-order chi connectivity index (χ0) is 16.5. The van der Waals surface area contributed by atoms with Crippen molar-refractivity contribution in [3.63, 3.8) is 0 Å². The van der Waals surface area contributed by atoms with Crippen molar-refractivity contribution < 1.29 is 31.1 Å². The van der Waals surface area contributed by atoms with Crippen LogP contribution in [0.15, 0.2) is 36.5 Å². The summed E-state index contributed by atoms with van der Waals surface area (Å²) in [6, 6.07) is 3.64. The third kappa shape index (κ3) is 3.44. The standard InChI is InChI=1S/C14H7F6NO/c15-13(16,17)10-3-9(4-11(5-10)14(18,19)20)12-2-1-8(7-22)6-21-12/h1-7H. The van der Waals surface area contributed by atoms with E-state index >= 15 is 0 Å². The van der Waals surface area contributed by atoms with Crippen LogP contribution in [0.1, 0.15) is 21.5 Å². The first kappa shape index (κ1) is 16.0. The summed E-state index contributed by atoms with van der Waals surface area (Å²) in [7, 11) is 0. The largest absolute Gasteiger partial charge is 0.416 e. The van der Waals surface area contributed by atoms with Gasteiger partial charge >= 0.3 is 12.4 Å². The number of pyridine rings is 1. The highest BCUT2D eigenvalue weighted by molar-refractivity contribution is 5.75. The van der Waals surface area contributed by atoms with Gasteiger partial charge in [-0.1, -0.05) is 0 Å². The molecule has 0 aliphatic carbocycles. The summed E-state index contributed by atoms with van der Waals surface area (Å²) >= 11 is 0. The summed E-state index contributed by atoms with van der Waals surface area (Å²) in [4.78, 5) is 14.2. The smallest absolute Gasteiger partial charge is 0.298 e. The summed E-state index contributed by atoms with van der Waals surface area (Å²) < 4.78 is 76.4. The van der Waals surface area contributed by atoms with E-state index in [1.807, 2.05) is 0 Å². The normalized spacial score (nSPS) is 12.3. The van der Waals surface area contributed by atoms with E-state index in [4.69, 9.17) is 0 Å². The third-order valence-electron chi connectivity index (χ3n) is 2.81. The van der Waals surface area contributed by atoms with Crippen LogP contribution in [0.4, 0.5) is 26.3 Å². The number of carbonyl (C=O) groups excluding carboxylic acids is 1. The highest BCUT2D eigenvalue weighted by atomic mass is 19.4. The van der Waals surface area contributed by atoms with Gasteiger partial charge in [-0.25, -0.2) is 0 Å². The number of alkyl halides is 6. The van der Waals surface area contributed by atoms with Gasteiger partial charge in [0.25, 0.3) is 0 Å². The van der Waals surface area contributed by atoms with Crippen LogP contribution in [0.2, 0.25) is 0 Å². The van der Waals surface area contributed by atoms with Crippen molar-refractivity contribution >= 4 is 6.29 Å². The summed E-state index contributed by atoms with van der Waals surface area (Å²) in [5, 5.41) is 0. The molecule has 116 valence electrons. The van der Waals surface area contributed by atoms with Crippen molar-refractivity contribution in [3.8, 4) is 11.3 Å². The van der Waals surface area contributed by atoms with Crippen LogP contribution in [0.25, 0.3) is 11.3 Å². The maximum Gasteiger partial charge on any atom is 0.416 e. The Labute approximate surface area is 120 Å². The minimum Gasteiger partial charge on any atom is -0.298 e. The Kier molecular flexibility index (Phi) is 3.95. The van der Waals surface area contributed by atoms with Gasteiger partial charge in [0.15, 0.2) is 6.29 Å². The molecule has 0 spiro atoms. The molecule has 0 saturated heterocycles. The molecular weight excluding hydrogens is 312 g/mol. The Morgan fingerprint density at radius 1 is 0.864 bits per heavy atom. The summed E-state index contributed by atoms with van der Waals surface area (Å²) in [6.45, 7) is 0. The Bertz CT molecular complexity index is 656. The number of hydrogen-bond donors (Lipinski definition) is 0. The molecule has 2 rings (SSSR count). The second-order valence-corrected chi connectivity index (χ2v) is 4.39. The van der Waals surface area contributed by atoms with Crippen molar-refractivity contribution in [2.24, 2.45) is 0 Å². The average molecular weight is 319 g/mol. The molecule has 1 aromatic heterocycles. The van der Waals surface area contributed by atoms with Crippen LogP contribution >= 0.6 is 0 Å². The molecule has 0 fully saturated rings. The van der Waals surface area contributed by atoms with Crippen molar-refractivity contribution in [3.05, 3.63) is 53.2 Å². The molecule has 0 saturated carbocycles. The highest BCUT2D eigenvalue weighted by Gasteiger charge is 2.37. The fraction of sp³-hybridized carbons (Fsp3) is 0.143. The topological polar surface area (TPSA) is 30.0 Å². The number of nitrogens with zero attached hydrogens (tertiary/aromatic N) is 1. The van der Waals surface area contributed by atoms with Crippen LogP contribution in [0, 0.1) is 0 Å². The number of aromatic nitrogens is 1. The maximum absolute atomic E-state index is 12.7. The zero-order valence-corrected chi connectivity index (χ0v) is 10.7. The lowest BCUT2D eigenvalue weighted by molar-refractivity contribution is -0.143. The van der Waals surface area contributed by atoms with Gasteiger partial charge in [-0.15, -0.1) is 0 Å². The second kappa shape index (κ2) is 5.43. The Hall–Kier alpha value is -2.38. The molecule has 0 aliphatic heterocycles. The van der Waals surface area contributed by atoms with Crippen LogP contribution < -0.4 is 0 Å². The number of rotatable bonds is 2. The van der Waals surface area contributed by atoms with E-state index in [1.54, 1.807) is 0 Å². The van der Waals surface area contributed by atoms with Gasteiger partial charge in [0.1, 0.15) is 0 Å². The van der Waals surface area contributed by atoms with Crippen molar-refractivity contribution in [1.29, 1.82) is 0 Å². The predicted octanol–water partition coefficient (Wildman–Crippen LogP) is 4.60. The van der Waals surface area contributed by atoms with Gasteiger partial charge < -0.3 is 0 Å². The first-order valence-corrected chi connectivity index (χ1v) is 5.82. The van der Waals surface area contributed by atoms with E-state index in [0.717, 1.165) is 6.20 Å². The summed E-state index contributed by atoms with van der Waals surface area (Å²) in [5.41, 5.74) is -3.11. The molecule has 1 aromatic carbocycles. The number of hydrogen-bond acceptors (Lipinski definition) is 2. The molecule has 2 nitrogen and oxygen atoms in total. The fourth-order valence-corrected chi connectivity index (χ4v) is 1.75. The van der Waals surface area contributed by atoms with E-state index < -0.39 is 23.5 Å². The van der Waals surface area contributed by atoms with E-state index in [-0.39, 0.29) is 22.9 Å². The summed E-state index contributed by atoms with van der Waals surface area (Å²) in [6.07, 6.45) is -8.31. The first-order valence-electron chi connectivity index (χ1n) is 5.82. The maximum atomic E-state index is 12.7. The van der Waals surface area contributed by atoms with Gasteiger partial charge in [0.05, 0.1) is 16.8 Å². The molecule has 0 N–H and O–H groups in total. The Morgan fingerprint density at radius 2 is 1.41 bits per heavy atom. The molecule has 0 atom stereocenters. The van der Waals surface area contributed by atoms with E-state index in [9.17, 15) is 31.1 Å². The van der Waals surface area contributed by atoms with Crippen molar-refractivity contribution in [1.82, 2.24) is 4.98 Å². The molecule has 1 heterocycles. The quantitative estimate of drug-likeness (QED) is 0.598. The number of benzene rings is 1. The lowest BCUT2D eigenvalue weighted by Gasteiger charge is -2.14. The Morgan fingerprint density at radius 3 is 1.77 bits per heavy atom. The zero-order valence-electron chi connectivity index (χ0n) is 10.7. The second-order valence-electron chi connectivity index (χ2n) is 4.39. The van der Waals surface area contributed by atoms with Crippen LogP contribution in [-0.2, 0) is 12.4 Å². The number of halogens is 6. The minimum absolute atomic E-state index is 0.0449. The minimum atomic E-state index is -4.92. The molecule has 0 radical (unpaired) electrons. The molecule has 0 amide bonds. The summed E-state index contributed by atoms with van der Waals surface area (Å²) in [5.74, 6) is 0. The van der Waals surface area contributed by atoms with Gasteiger partial charge in [-0.2, -0.15) is 26.3 Å². The third-order valence-corrected chi connectivity index (χ3v) is 2.81. The van der Waals surface area contributed by atoms with Crippen molar-refractivity contribution in [2.75, 3.05) is 0 Å². The lowest BCUT2D eigenvalue weighted by Crippen LogP contribution is -2.11. The molecule has 0 aliphatic rings. The van der Waals surface area contributed by atoms with Gasteiger partial charge in [0.2, 0.25) is 0 Å². The number of carbonyl (C=O) groups is 1. The van der Waals surface area contributed by atoms with E-state index in [1.165, 1.54) is 12.1 Å². The van der Waals surface area contributed by atoms with E-state index in [2.05, 4.69) is 4.98 Å². The van der Waals surface area contributed by atoms with Crippen LogP contribution in [0.3, 0.4) is 0 Å². The molecule has 22 heavy (non-hydrogen) atoms. The predicted molar refractivity (Wildman–Crippen MR) is 65.1 cm³/mol. The van der Waals surface area contributed by atoms with E-state index in [0.29, 0.717) is 18.4 Å². The average Bonchev–Trinajstić information content (AvgIpc) is 2.45. The van der Waals surface area contributed by atoms with Gasteiger partial charge in [0, 0.05) is 17.3 Å². The van der Waals surface area contributed by atoms with Crippen LogP contribution in [0.5, 0.6) is 0 Å². The SMILES string of the molecule is O=Cc1ccc(-c2cc(C(F)(F)F)cc(C(F)(F)F)c2)nc1. The monoisotopic (exact) mass is 319 g/mol. The molecule has 0 unspecified atom stereocenters. The van der Waals surface area contributed by atoms with Crippen molar-refractivity contribution in [2.45, 2.75) is 12.4 Å². The molecule has 2 aromatic rings. The highest BCUT2D eigenvalue weighted by Crippen LogP contribution is 2.38. The van der Waals surface area contributed by atoms with Gasteiger partial charge in [-0.3, -0.25) is 9.78 Å². The lowest BCUT2D eigenvalue weighted by atomic mass is 10.0. The molecule has 8 heteroatoms. The Balaban J connectivity index is 2.61. The molecule has 0 bridgehead atoms. The first-order chi connectivity index (χ1) is 10.1. The van der Waals surface area contributed by atoms with Gasteiger partial charge in [-0.05, 0) is 30.3 Å². The fourth-order valence-electron chi connectivity index (χ4n) is 1.75. The number of aldehydes is 1. The van der Waals surface area contributed by atoms with Crippen LogP contribution in [-0.4, -0.2) is 11.3 Å². The molecular formula is C14H7F6NO.